The third-order valence-corrected chi connectivity index (χ3v) is 5.43. The van der Waals surface area contributed by atoms with E-state index in [0.717, 1.165) is 11.3 Å². The van der Waals surface area contributed by atoms with Crippen LogP contribution < -0.4 is 4.72 Å². The lowest BCUT2D eigenvalue weighted by molar-refractivity contribution is 0.0702. The molecule has 8 heteroatoms. The number of carbonyl (C=O) groups is 1. The maximum absolute atomic E-state index is 11.6. The first kappa shape index (κ1) is 13.3. The van der Waals surface area contributed by atoms with Gasteiger partial charge >= 0.3 is 5.97 Å². The van der Waals surface area contributed by atoms with E-state index in [9.17, 15) is 13.2 Å². The molecule has 18 heavy (non-hydrogen) atoms. The Morgan fingerprint density at radius 3 is 2.67 bits per heavy atom. The average molecular weight is 306 g/mol. The molecule has 1 aromatic carbocycles. The van der Waals surface area contributed by atoms with Gasteiger partial charge in [0.2, 0.25) is 10.0 Å². The summed E-state index contributed by atoms with van der Waals surface area (Å²) >= 11 is 6.87. The highest BCUT2D eigenvalue weighted by Crippen LogP contribution is 2.36. The second-order valence-corrected chi connectivity index (χ2v) is 6.73. The summed E-state index contributed by atoms with van der Waals surface area (Å²) in [7, 11) is -2.24. The minimum Gasteiger partial charge on any atom is -0.477 e. The highest BCUT2D eigenvalue weighted by Gasteiger charge is 2.18. The predicted octanol–water partition coefficient (Wildman–Crippen LogP) is 2.16. The van der Waals surface area contributed by atoms with Crippen LogP contribution in [0.15, 0.2) is 23.1 Å². The minimum absolute atomic E-state index is 0.00525. The number of carboxylic acid groups (broad SMARTS) is 1. The zero-order valence-corrected chi connectivity index (χ0v) is 11.5. The van der Waals surface area contributed by atoms with E-state index in [4.69, 9.17) is 16.7 Å². The van der Waals surface area contributed by atoms with Gasteiger partial charge in [-0.3, -0.25) is 0 Å². The van der Waals surface area contributed by atoms with Crippen LogP contribution in [0.1, 0.15) is 9.67 Å². The number of nitrogens with one attached hydrogen (secondary N) is 1. The summed E-state index contributed by atoms with van der Waals surface area (Å²) in [6.07, 6.45) is 0. The summed E-state index contributed by atoms with van der Waals surface area (Å²) in [6, 6.07) is 4.30. The third kappa shape index (κ3) is 2.10. The molecule has 96 valence electrons. The van der Waals surface area contributed by atoms with Crippen molar-refractivity contribution in [3.05, 3.63) is 28.1 Å². The number of sulfonamides is 1. The van der Waals surface area contributed by atoms with Gasteiger partial charge in [0.1, 0.15) is 4.88 Å². The Morgan fingerprint density at radius 1 is 1.44 bits per heavy atom. The Kier molecular flexibility index (Phi) is 3.33. The molecule has 2 rings (SSSR count). The maximum atomic E-state index is 11.6. The summed E-state index contributed by atoms with van der Waals surface area (Å²) < 4.78 is 25.9. The topological polar surface area (TPSA) is 83.5 Å². The first-order chi connectivity index (χ1) is 8.36. The van der Waals surface area contributed by atoms with E-state index in [-0.39, 0.29) is 14.8 Å². The molecule has 1 heterocycles. The van der Waals surface area contributed by atoms with E-state index in [0.29, 0.717) is 10.1 Å². The Balaban J connectivity index is 2.71. The van der Waals surface area contributed by atoms with Gasteiger partial charge in [-0.1, -0.05) is 17.7 Å². The van der Waals surface area contributed by atoms with Crippen molar-refractivity contribution in [1.82, 2.24) is 4.72 Å². The van der Waals surface area contributed by atoms with Gasteiger partial charge in [0.05, 0.1) is 9.92 Å². The zero-order valence-electron chi connectivity index (χ0n) is 9.10. The number of hydrogen-bond donors (Lipinski definition) is 2. The van der Waals surface area contributed by atoms with E-state index < -0.39 is 16.0 Å². The van der Waals surface area contributed by atoms with Crippen molar-refractivity contribution in [2.45, 2.75) is 4.90 Å². The van der Waals surface area contributed by atoms with Crippen LogP contribution in [-0.4, -0.2) is 26.5 Å². The van der Waals surface area contributed by atoms with Gasteiger partial charge in [0, 0.05) is 10.1 Å². The molecular weight excluding hydrogens is 298 g/mol. The van der Waals surface area contributed by atoms with Crippen LogP contribution in [0, 0.1) is 0 Å². The number of fused-ring (bicyclic) bond motifs is 1. The SMILES string of the molecule is CNS(=O)(=O)c1ccc2c(Cl)c(C(=O)O)sc2c1. The fourth-order valence-electron chi connectivity index (χ4n) is 1.47. The fraction of sp³-hybridized carbons (Fsp3) is 0.100. The van der Waals surface area contributed by atoms with Crippen LogP contribution in [0.4, 0.5) is 0 Å². The Hall–Kier alpha value is -1.15. The minimum atomic E-state index is -3.55. The van der Waals surface area contributed by atoms with Crippen LogP contribution in [0.5, 0.6) is 0 Å². The molecule has 0 atom stereocenters. The molecule has 0 aliphatic heterocycles. The van der Waals surface area contributed by atoms with E-state index >= 15 is 0 Å². The molecule has 2 N–H and O–H groups in total. The molecule has 0 aliphatic carbocycles. The largest absolute Gasteiger partial charge is 0.477 e. The molecule has 0 saturated heterocycles. The molecule has 0 amide bonds. The zero-order chi connectivity index (χ0) is 13.5. The summed E-state index contributed by atoms with van der Waals surface area (Å²) in [5.41, 5.74) is 0. The number of thiophene rings is 1. The second-order valence-electron chi connectivity index (χ2n) is 3.42. The first-order valence-corrected chi connectivity index (χ1v) is 7.43. The van der Waals surface area contributed by atoms with Crippen molar-refractivity contribution in [2.75, 3.05) is 7.05 Å². The molecule has 2 aromatic rings. The van der Waals surface area contributed by atoms with Crippen molar-refractivity contribution in [2.24, 2.45) is 0 Å². The van der Waals surface area contributed by atoms with Crippen LogP contribution in [0.3, 0.4) is 0 Å². The van der Waals surface area contributed by atoms with Crippen molar-refractivity contribution in [3.63, 3.8) is 0 Å². The molecule has 0 unspecified atom stereocenters. The van der Waals surface area contributed by atoms with Gasteiger partial charge in [-0.2, -0.15) is 0 Å². The Bertz CT molecular complexity index is 736. The molecular formula is C10H8ClNO4S2. The number of benzene rings is 1. The van der Waals surface area contributed by atoms with Crippen LogP contribution in [-0.2, 0) is 10.0 Å². The summed E-state index contributed by atoms with van der Waals surface area (Å²) in [6.45, 7) is 0. The number of rotatable bonds is 3. The van der Waals surface area contributed by atoms with Gasteiger partial charge < -0.3 is 5.11 Å². The number of halogens is 1. The molecule has 0 fully saturated rings. The van der Waals surface area contributed by atoms with Crippen LogP contribution in [0.25, 0.3) is 10.1 Å². The number of hydrogen-bond acceptors (Lipinski definition) is 4. The molecule has 0 bridgehead atoms. The molecule has 0 saturated carbocycles. The lowest BCUT2D eigenvalue weighted by Crippen LogP contribution is -2.18. The standard InChI is InChI=1S/C10H8ClNO4S2/c1-12-18(15,16)5-2-3-6-7(4-5)17-9(8(6)11)10(13)14/h2-4,12H,1H3,(H,13,14). The van der Waals surface area contributed by atoms with Crippen molar-refractivity contribution in [1.29, 1.82) is 0 Å². The van der Waals surface area contributed by atoms with Gasteiger partial charge in [-0.05, 0) is 19.2 Å². The lowest BCUT2D eigenvalue weighted by Gasteiger charge is -2.01. The molecule has 0 aliphatic rings. The van der Waals surface area contributed by atoms with Gasteiger partial charge in [-0.25, -0.2) is 17.9 Å². The molecule has 5 nitrogen and oxygen atoms in total. The van der Waals surface area contributed by atoms with Crippen molar-refractivity contribution >= 4 is 49.0 Å². The molecule has 1 aromatic heterocycles. The summed E-state index contributed by atoms with van der Waals surface area (Å²) in [5.74, 6) is -1.13. The number of carboxylic acids is 1. The summed E-state index contributed by atoms with van der Waals surface area (Å²) in [5, 5.41) is 9.61. The van der Waals surface area contributed by atoms with Crippen LogP contribution >= 0.6 is 22.9 Å². The van der Waals surface area contributed by atoms with E-state index in [1.54, 1.807) is 0 Å². The van der Waals surface area contributed by atoms with Gasteiger partial charge in [-0.15, -0.1) is 11.3 Å². The Morgan fingerprint density at radius 2 is 2.11 bits per heavy atom. The highest BCUT2D eigenvalue weighted by molar-refractivity contribution is 7.89. The quantitative estimate of drug-likeness (QED) is 0.910. The Labute approximate surface area is 112 Å². The molecule has 0 spiro atoms. The van der Waals surface area contributed by atoms with E-state index in [2.05, 4.69) is 4.72 Å². The first-order valence-electron chi connectivity index (χ1n) is 4.75. The van der Waals surface area contributed by atoms with Crippen molar-refractivity contribution < 1.29 is 18.3 Å². The van der Waals surface area contributed by atoms with Crippen LogP contribution in [0.2, 0.25) is 5.02 Å². The third-order valence-electron chi connectivity index (χ3n) is 2.37. The fourth-order valence-corrected chi connectivity index (χ4v) is 3.69. The second kappa shape index (κ2) is 4.51. The van der Waals surface area contributed by atoms with Gasteiger partial charge in [0.15, 0.2) is 0 Å². The summed E-state index contributed by atoms with van der Waals surface area (Å²) in [4.78, 5) is 11.0. The predicted molar refractivity (Wildman–Crippen MR) is 70.0 cm³/mol. The van der Waals surface area contributed by atoms with Crippen molar-refractivity contribution in [3.8, 4) is 0 Å². The monoisotopic (exact) mass is 305 g/mol. The number of aromatic carboxylic acids is 1. The molecule has 0 radical (unpaired) electrons. The van der Waals surface area contributed by atoms with Gasteiger partial charge in [0.25, 0.3) is 0 Å². The average Bonchev–Trinajstić information content (AvgIpc) is 2.66. The highest BCUT2D eigenvalue weighted by atomic mass is 35.5. The van der Waals surface area contributed by atoms with E-state index in [1.807, 2.05) is 0 Å². The van der Waals surface area contributed by atoms with E-state index in [1.165, 1.54) is 25.2 Å². The smallest absolute Gasteiger partial charge is 0.347 e. The lowest BCUT2D eigenvalue weighted by atomic mass is 10.2. The normalized spacial score (nSPS) is 11.9. The maximum Gasteiger partial charge on any atom is 0.347 e.